The van der Waals surface area contributed by atoms with Crippen LogP contribution in [0.2, 0.25) is 0 Å². The van der Waals surface area contributed by atoms with Crippen LogP contribution in [0.1, 0.15) is 50.6 Å². The summed E-state index contributed by atoms with van der Waals surface area (Å²) in [4.78, 5) is 4.21. The Hall–Kier alpha value is -1.59. The lowest BCUT2D eigenvalue weighted by Crippen LogP contribution is -2.36. The monoisotopic (exact) mass is 330 g/mol. The van der Waals surface area contributed by atoms with Crippen LogP contribution >= 0.6 is 0 Å². The number of rotatable bonds is 7. The van der Waals surface area contributed by atoms with Gasteiger partial charge in [-0.05, 0) is 37.3 Å². The lowest BCUT2D eigenvalue weighted by Gasteiger charge is -2.30. The largest absolute Gasteiger partial charge is 0.372 e. The molecule has 1 aliphatic heterocycles. The summed E-state index contributed by atoms with van der Waals surface area (Å²) in [5.41, 5.74) is 2.54. The molecular formula is C19H30N4O. The first-order valence-corrected chi connectivity index (χ1v) is 9.08. The maximum Gasteiger partial charge on any atom is 0.100 e. The van der Waals surface area contributed by atoms with Crippen LogP contribution < -0.4 is 5.32 Å². The standard InChI is InChI=1S/C19H30N4O/c1-15(2)6-9-23-8-4-5-17(23)12-21-16-7-10-24-19(11-16)18-13-20-14-22(18)3/h4-5,8,13-16,19,21H,6-7,9-12H2,1-3H3. The first kappa shape index (κ1) is 17.2. The van der Waals surface area contributed by atoms with Gasteiger partial charge in [0.15, 0.2) is 0 Å². The minimum Gasteiger partial charge on any atom is -0.372 e. The topological polar surface area (TPSA) is 44.0 Å². The lowest BCUT2D eigenvalue weighted by molar-refractivity contribution is -0.00413. The van der Waals surface area contributed by atoms with Gasteiger partial charge in [-0.2, -0.15) is 0 Å². The first-order valence-electron chi connectivity index (χ1n) is 9.08. The highest BCUT2D eigenvalue weighted by Gasteiger charge is 2.25. The van der Waals surface area contributed by atoms with Crippen LogP contribution in [-0.4, -0.2) is 26.8 Å². The third-order valence-electron chi connectivity index (χ3n) is 4.91. The van der Waals surface area contributed by atoms with E-state index in [9.17, 15) is 0 Å². The van der Waals surface area contributed by atoms with E-state index >= 15 is 0 Å². The van der Waals surface area contributed by atoms with Crippen molar-refractivity contribution in [1.82, 2.24) is 19.4 Å². The minimum absolute atomic E-state index is 0.150. The smallest absolute Gasteiger partial charge is 0.100 e. The average Bonchev–Trinajstić information content (AvgIpc) is 3.19. The van der Waals surface area contributed by atoms with Crippen LogP contribution in [0.15, 0.2) is 30.9 Å². The molecule has 0 saturated carbocycles. The van der Waals surface area contributed by atoms with Crippen LogP contribution in [0.5, 0.6) is 0 Å². The molecule has 24 heavy (non-hydrogen) atoms. The molecule has 0 bridgehead atoms. The number of aryl methyl sites for hydroxylation is 2. The summed E-state index contributed by atoms with van der Waals surface area (Å²) in [6, 6.07) is 4.87. The van der Waals surface area contributed by atoms with Crippen LogP contribution in [0.4, 0.5) is 0 Å². The second-order valence-corrected chi connectivity index (χ2v) is 7.27. The second-order valence-electron chi connectivity index (χ2n) is 7.27. The van der Waals surface area contributed by atoms with Gasteiger partial charge in [0.2, 0.25) is 0 Å². The zero-order valence-corrected chi connectivity index (χ0v) is 15.1. The van der Waals surface area contributed by atoms with E-state index in [0.717, 1.165) is 38.5 Å². The third-order valence-corrected chi connectivity index (χ3v) is 4.91. The summed E-state index contributed by atoms with van der Waals surface area (Å²) in [6.45, 7) is 7.40. The average molecular weight is 330 g/mol. The van der Waals surface area contributed by atoms with Gasteiger partial charge in [-0.25, -0.2) is 4.98 Å². The van der Waals surface area contributed by atoms with Gasteiger partial charge in [0.25, 0.3) is 0 Å². The molecule has 0 aromatic carbocycles. The Morgan fingerprint density at radius 1 is 1.42 bits per heavy atom. The van der Waals surface area contributed by atoms with E-state index in [4.69, 9.17) is 4.74 Å². The van der Waals surface area contributed by atoms with Crippen molar-refractivity contribution >= 4 is 0 Å². The van der Waals surface area contributed by atoms with Crippen molar-refractivity contribution < 1.29 is 4.74 Å². The molecule has 2 aromatic heterocycles. The Bertz CT molecular complexity index is 631. The van der Waals surface area contributed by atoms with Crippen molar-refractivity contribution in [3.63, 3.8) is 0 Å². The van der Waals surface area contributed by atoms with Crippen LogP contribution in [0, 0.1) is 5.92 Å². The molecule has 2 aromatic rings. The molecule has 1 aliphatic rings. The van der Waals surface area contributed by atoms with E-state index in [1.807, 2.05) is 19.6 Å². The molecule has 1 saturated heterocycles. The van der Waals surface area contributed by atoms with Gasteiger partial charge >= 0.3 is 0 Å². The highest BCUT2D eigenvalue weighted by molar-refractivity contribution is 5.08. The third kappa shape index (κ3) is 4.28. The fraction of sp³-hybridized carbons (Fsp3) is 0.632. The van der Waals surface area contributed by atoms with E-state index in [0.29, 0.717) is 6.04 Å². The van der Waals surface area contributed by atoms with Crippen molar-refractivity contribution in [2.24, 2.45) is 13.0 Å². The maximum atomic E-state index is 5.95. The highest BCUT2D eigenvalue weighted by Crippen LogP contribution is 2.27. The lowest BCUT2D eigenvalue weighted by atomic mass is 10.0. The highest BCUT2D eigenvalue weighted by atomic mass is 16.5. The van der Waals surface area contributed by atoms with Crippen molar-refractivity contribution in [3.8, 4) is 0 Å². The summed E-state index contributed by atoms with van der Waals surface area (Å²) in [7, 11) is 2.03. The van der Waals surface area contributed by atoms with Gasteiger partial charge in [0.1, 0.15) is 6.10 Å². The summed E-state index contributed by atoms with van der Waals surface area (Å²) >= 11 is 0. The van der Waals surface area contributed by atoms with Gasteiger partial charge in [0, 0.05) is 44.7 Å². The van der Waals surface area contributed by atoms with E-state index in [2.05, 4.69) is 51.6 Å². The molecule has 132 valence electrons. The van der Waals surface area contributed by atoms with Gasteiger partial charge in [-0.1, -0.05) is 13.8 Å². The molecule has 3 rings (SSSR count). The van der Waals surface area contributed by atoms with Crippen LogP contribution in [-0.2, 0) is 24.9 Å². The van der Waals surface area contributed by atoms with Crippen molar-refractivity contribution in [1.29, 1.82) is 0 Å². The molecule has 5 heteroatoms. The fourth-order valence-corrected chi connectivity index (χ4v) is 3.34. The van der Waals surface area contributed by atoms with Crippen LogP contribution in [0.25, 0.3) is 0 Å². The Kier molecular flexibility index (Phi) is 5.74. The van der Waals surface area contributed by atoms with E-state index in [1.54, 1.807) is 0 Å². The Morgan fingerprint density at radius 2 is 2.29 bits per heavy atom. The molecule has 0 aliphatic carbocycles. The summed E-state index contributed by atoms with van der Waals surface area (Å²) in [6.07, 6.45) is 9.41. The number of ether oxygens (including phenoxy) is 1. The van der Waals surface area contributed by atoms with E-state index in [1.165, 1.54) is 17.8 Å². The number of imidazole rings is 1. The summed E-state index contributed by atoms with van der Waals surface area (Å²) < 4.78 is 10.4. The first-order chi connectivity index (χ1) is 11.6. The summed E-state index contributed by atoms with van der Waals surface area (Å²) in [5.74, 6) is 0.739. The molecular weight excluding hydrogens is 300 g/mol. The van der Waals surface area contributed by atoms with Crippen molar-refractivity contribution in [2.75, 3.05) is 6.61 Å². The van der Waals surface area contributed by atoms with Gasteiger partial charge < -0.3 is 19.2 Å². The minimum atomic E-state index is 0.150. The Labute approximate surface area is 145 Å². The number of hydrogen-bond donors (Lipinski definition) is 1. The van der Waals surface area contributed by atoms with Crippen LogP contribution in [0.3, 0.4) is 0 Å². The molecule has 5 nitrogen and oxygen atoms in total. The second kappa shape index (κ2) is 7.99. The molecule has 2 atom stereocenters. The Morgan fingerprint density at radius 3 is 3.04 bits per heavy atom. The predicted octanol–water partition coefficient (Wildman–Crippen LogP) is 3.28. The molecule has 0 spiro atoms. The fourth-order valence-electron chi connectivity index (χ4n) is 3.34. The van der Waals surface area contributed by atoms with Gasteiger partial charge in [-0.15, -0.1) is 0 Å². The number of aromatic nitrogens is 3. The molecule has 0 amide bonds. The zero-order chi connectivity index (χ0) is 16.9. The molecule has 1 N–H and O–H groups in total. The Balaban J connectivity index is 1.53. The quantitative estimate of drug-likeness (QED) is 0.847. The van der Waals surface area contributed by atoms with E-state index in [-0.39, 0.29) is 6.10 Å². The van der Waals surface area contributed by atoms with E-state index < -0.39 is 0 Å². The molecule has 3 heterocycles. The number of nitrogens with one attached hydrogen (secondary N) is 1. The molecule has 0 radical (unpaired) electrons. The number of nitrogens with zero attached hydrogens (tertiary/aromatic N) is 3. The molecule has 1 fully saturated rings. The van der Waals surface area contributed by atoms with Gasteiger partial charge in [0.05, 0.1) is 18.2 Å². The number of hydrogen-bond acceptors (Lipinski definition) is 3. The van der Waals surface area contributed by atoms with Gasteiger partial charge in [-0.3, -0.25) is 0 Å². The van der Waals surface area contributed by atoms with Crippen molar-refractivity contribution in [3.05, 3.63) is 42.2 Å². The SMILES string of the molecule is CC(C)CCn1cccc1CNC1CCOC(c2cncn2C)C1. The predicted molar refractivity (Wildman–Crippen MR) is 95.6 cm³/mol. The maximum absolute atomic E-state index is 5.95. The zero-order valence-electron chi connectivity index (χ0n) is 15.1. The molecule has 2 unspecified atom stereocenters. The van der Waals surface area contributed by atoms with Crippen molar-refractivity contribution in [2.45, 2.75) is 58.3 Å². The normalized spacial score (nSPS) is 21.5. The summed E-state index contributed by atoms with van der Waals surface area (Å²) in [5, 5.41) is 3.73.